The van der Waals surface area contributed by atoms with Gasteiger partial charge in [-0.1, -0.05) is 49.4 Å². The molecule has 1 aliphatic heterocycles. The maximum absolute atomic E-state index is 11.7. The summed E-state index contributed by atoms with van der Waals surface area (Å²) in [6.07, 6.45) is 4.07. The predicted molar refractivity (Wildman–Crippen MR) is 61.5 cm³/mol. The zero-order chi connectivity index (χ0) is 11.2. The average molecular weight is 214 g/mol. The molecule has 3 atom stereocenters. The Kier molecular flexibility index (Phi) is 1.93. The summed E-state index contributed by atoms with van der Waals surface area (Å²) in [5, 5.41) is 0. The molecular weight excluding hydrogens is 200 g/mol. The number of ether oxygens (including phenoxy) is 1. The number of hydrogen-bond donors (Lipinski definition) is 0. The van der Waals surface area contributed by atoms with Crippen molar-refractivity contribution in [2.45, 2.75) is 6.92 Å². The third kappa shape index (κ3) is 1.16. The maximum atomic E-state index is 11.7. The molecule has 16 heavy (non-hydrogen) atoms. The lowest BCUT2D eigenvalue weighted by atomic mass is 10.0. The lowest BCUT2D eigenvalue weighted by Gasteiger charge is -2.05. The van der Waals surface area contributed by atoms with Crippen LogP contribution in [0.4, 0.5) is 0 Å². The highest BCUT2D eigenvalue weighted by Gasteiger charge is 2.70. The van der Waals surface area contributed by atoms with Gasteiger partial charge in [0.2, 0.25) is 0 Å². The van der Waals surface area contributed by atoms with Gasteiger partial charge in [0.25, 0.3) is 0 Å². The van der Waals surface area contributed by atoms with Crippen LogP contribution < -0.4 is 0 Å². The molecule has 2 aliphatic rings. The number of benzene rings is 1. The van der Waals surface area contributed by atoms with Gasteiger partial charge in [0.1, 0.15) is 0 Å². The first-order valence-electron chi connectivity index (χ1n) is 5.66. The molecule has 1 aromatic carbocycles. The van der Waals surface area contributed by atoms with Gasteiger partial charge in [-0.25, -0.2) is 0 Å². The third-order valence-corrected chi connectivity index (χ3v) is 3.96. The molecule has 82 valence electrons. The molecule has 1 aromatic rings. The van der Waals surface area contributed by atoms with Gasteiger partial charge in [-0.2, -0.15) is 0 Å². The van der Waals surface area contributed by atoms with Gasteiger partial charge in [0.15, 0.2) is 0 Å². The van der Waals surface area contributed by atoms with E-state index in [9.17, 15) is 4.79 Å². The summed E-state index contributed by atoms with van der Waals surface area (Å²) >= 11 is 0. The lowest BCUT2D eigenvalue weighted by Crippen LogP contribution is -2.13. The van der Waals surface area contributed by atoms with E-state index in [-0.39, 0.29) is 11.4 Å². The van der Waals surface area contributed by atoms with Crippen LogP contribution in [-0.2, 0) is 9.53 Å². The molecule has 0 bridgehead atoms. The fourth-order valence-electron chi connectivity index (χ4n) is 2.73. The zero-order valence-electron chi connectivity index (χ0n) is 9.22. The van der Waals surface area contributed by atoms with E-state index in [0.717, 1.165) is 5.56 Å². The van der Waals surface area contributed by atoms with Crippen LogP contribution >= 0.6 is 0 Å². The van der Waals surface area contributed by atoms with Crippen LogP contribution in [0.5, 0.6) is 0 Å². The molecule has 2 nitrogen and oxygen atoms in total. The summed E-state index contributed by atoms with van der Waals surface area (Å²) in [5.41, 5.74) is 0.824. The minimum atomic E-state index is -0.310. The lowest BCUT2D eigenvalue weighted by molar-refractivity contribution is -0.144. The summed E-state index contributed by atoms with van der Waals surface area (Å²) in [7, 11) is 0. The molecule has 0 amide bonds. The minimum Gasteiger partial charge on any atom is -0.465 e. The van der Waals surface area contributed by atoms with E-state index in [1.54, 1.807) is 0 Å². The van der Waals surface area contributed by atoms with Gasteiger partial charge in [0, 0.05) is 5.92 Å². The average Bonchev–Trinajstić information content (AvgIpc) is 2.73. The molecule has 0 radical (unpaired) electrons. The van der Waals surface area contributed by atoms with Gasteiger partial charge in [-0.05, 0) is 11.5 Å². The van der Waals surface area contributed by atoms with Crippen molar-refractivity contribution in [3.05, 3.63) is 42.0 Å². The van der Waals surface area contributed by atoms with Crippen LogP contribution in [0.3, 0.4) is 0 Å². The number of cyclic esters (lactones) is 1. The second-order valence-electron chi connectivity index (χ2n) is 4.67. The SMILES string of the molecule is C[C@@H]1[C@H]2COC(=O)[C@@]12/C=C/c1ccccc1. The zero-order valence-corrected chi connectivity index (χ0v) is 9.22. The summed E-state index contributed by atoms with van der Waals surface area (Å²) in [6.45, 7) is 2.72. The summed E-state index contributed by atoms with van der Waals surface area (Å²) < 4.78 is 5.09. The number of fused-ring (bicyclic) bond motifs is 1. The van der Waals surface area contributed by atoms with Crippen molar-refractivity contribution in [1.29, 1.82) is 0 Å². The number of esters is 1. The van der Waals surface area contributed by atoms with Gasteiger partial charge in [-0.15, -0.1) is 0 Å². The smallest absolute Gasteiger partial charge is 0.316 e. The highest BCUT2D eigenvalue weighted by molar-refractivity contribution is 5.87. The highest BCUT2D eigenvalue weighted by atomic mass is 16.5. The fourth-order valence-corrected chi connectivity index (χ4v) is 2.73. The van der Waals surface area contributed by atoms with E-state index in [2.05, 4.69) is 6.92 Å². The molecule has 2 fully saturated rings. The topological polar surface area (TPSA) is 26.3 Å². The second-order valence-corrected chi connectivity index (χ2v) is 4.67. The Balaban J connectivity index is 1.86. The molecule has 1 saturated carbocycles. The van der Waals surface area contributed by atoms with Crippen molar-refractivity contribution in [3.63, 3.8) is 0 Å². The normalized spacial score (nSPS) is 36.2. The van der Waals surface area contributed by atoms with E-state index in [1.807, 2.05) is 42.5 Å². The highest BCUT2D eigenvalue weighted by Crippen LogP contribution is 2.64. The van der Waals surface area contributed by atoms with E-state index >= 15 is 0 Å². The molecule has 1 heterocycles. The van der Waals surface area contributed by atoms with Crippen molar-refractivity contribution in [1.82, 2.24) is 0 Å². The molecule has 1 saturated heterocycles. The Morgan fingerprint density at radius 3 is 2.75 bits per heavy atom. The molecule has 2 heteroatoms. The number of hydrogen-bond acceptors (Lipinski definition) is 2. The Bertz CT molecular complexity index is 449. The first-order chi connectivity index (χ1) is 7.75. The Labute approximate surface area is 94.9 Å². The third-order valence-electron chi connectivity index (χ3n) is 3.96. The molecule has 0 unspecified atom stereocenters. The second kappa shape index (κ2) is 3.21. The van der Waals surface area contributed by atoms with E-state index in [4.69, 9.17) is 4.74 Å². The van der Waals surface area contributed by atoms with Crippen LogP contribution in [0.15, 0.2) is 36.4 Å². The Hall–Kier alpha value is -1.57. The number of carbonyl (C=O) groups is 1. The van der Waals surface area contributed by atoms with Crippen molar-refractivity contribution in [2.75, 3.05) is 6.61 Å². The minimum absolute atomic E-state index is 0.0443. The Morgan fingerprint density at radius 2 is 2.12 bits per heavy atom. The van der Waals surface area contributed by atoms with Crippen LogP contribution in [0.25, 0.3) is 6.08 Å². The summed E-state index contributed by atoms with van der Waals surface area (Å²) in [5.74, 6) is 0.797. The first-order valence-corrected chi connectivity index (χ1v) is 5.66. The van der Waals surface area contributed by atoms with Crippen LogP contribution in [0.1, 0.15) is 12.5 Å². The number of carbonyl (C=O) groups excluding carboxylic acids is 1. The summed E-state index contributed by atoms with van der Waals surface area (Å²) in [6, 6.07) is 10.1. The van der Waals surface area contributed by atoms with Crippen LogP contribution in [0, 0.1) is 17.3 Å². The molecule has 0 aromatic heterocycles. The van der Waals surface area contributed by atoms with Crippen LogP contribution in [0.2, 0.25) is 0 Å². The predicted octanol–water partition coefficient (Wildman–Crippen LogP) is 2.51. The number of rotatable bonds is 2. The largest absolute Gasteiger partial charge is 0.465 e. The maximum Gasteiger partial charge on any atom is 0.316 e. The summed E-state index contributed by atoms with van der Waals surface area (Å²) in [4.78, 5) is 11.7. The van der Waals surface area contributed by atoms with Crippen molar-refractivity contribution >= 4 is 12.0 Å². The van der Waals surface area contributed by atoms with Crippen molar-refractivity contribution in [2.24, 2.45) is 17.3 Å². The quantitative estimate of drug-likeness (QED) is 0.707. The monoisotopic (exact) mass is 214 g/mol. The van der Waals surface area contributed by atoms with Gasteiger partial charge >= 0.3 is 5.97 Å². The van der Waals surface area contributed by atoms with E-state index in [0.29, 0.717) is 18.4 Å². The van der Waals surface area contributed by atoms with Gasteiger partial charge < -0.3 is 4.74 Å². The fraction of sp³-hybridized carbons (Fsp3) is 0.357. The van der Waals surface area contributed by atoms with E-state index < -0.39 is 0 Å². The molecule has 3 rings (SSSR count). The Morgan fingerprint density at radius 1 is 1.38 bits per heavy atom. The van der Waals surface area contributed by atoms with Crippen molar-refractivity contribution < 1.29 is 9.53 Å². The van der Waals surface area contributed by atoms with Crippen molar-refractivity contribution in [3.8, 4) is 0 Å². The standard InChI is InChI=1S/C14H14O2/c1-10-12-9-16-13(15)14(10,12)8-7-11-5-3-2-4-6-11/h2-8,10,12H,9H2,1H3/b8-7+/t10-,12-,14+/m1/s1. The molecule has 1 aliphatic carbocycles. The van der Waals surface area contributed by atoms with Gasteiger partial charge in [0.05, 0.1) is 12.0 Å². The van der Waals surface area contributed by atoms with E-state index in [1.165, 1.54) is 0 Å². The first kappa shape index (κ1) is 9.64. The molecule has 0 spiro atoms. The molecule has 0 N–H and O–H groups in total. The van der Waals surface area contributed by atoms with Gasteiger partial charge in [-0.3, -0.25) is 4.79 Å². The van der Waals surface area contributed by atoms with Crippen LogP contribution in [-0.4, -0.2) is 12.6 Å². The molecular formula is C14H14O2.